The van der Waals surface area contributed by atoms with Gasteiger partial charge in [-0.15, -0.1) is 24.0 Å². The normalized spacial score (nSPS) is 11.0. The van der Waals surface area contributed by atoms with Crippen LogP contribution in [-0.2, 0) is 13.1 Å². The summed E-state index contributed by atoms with van der Waals surface area (Å²) in [6.07, 6.45) is 1.02. The molecule has 160 valence electrons. The number of aliphatic imine (C=N–C) groups is 1. The highest BCUT2D eigenvalue weighted by atomic mass is 127. The molecular weight excluding hydrogens is 481 g/mol. The van der Waals surface area contributed by atoms with Crippen molar-refractivity contribution < 1.29 is 14.2 Å². The van der Waals surface area contributed by atoms with E-state index in [1.54, 1.807) is 14.2 Å². The Hall–Kier alpha value is -2.16. The van der Waals surface area contributed by atoms with Gasteiger partial charge in [-0.05, 0) is 36.1 Å². The summed E-state index contributed by atoms with van der Waals surface area (Å²) in [6.45, 7) is 6.08. The lowest BCUT2D eigenvalue weighted by atomic mass is 10.1. The maximum atomic E-state index is 6.03. The van der Waals surface area contributed by atoms with E-state index in [-0.39, 0.29) is 24.0 Å². The van der Waals surface area contributed by atoms with E-state index in [9.17, 15) is 0 Å². The van der Waals surface area contributed by atoms with E-state index < -0.39 is 0 Å². The molecule has 0 aliphatic rings. The molecule has 0 radical (unpaired) electrons. The fraction of sp³-hybridized carbons (Fsp3) is 0.409. The van der Waals surface area contributed by atoms with Gasteiger partial charge in [0.1, 0.15) is 5.75 Å². The molecule has 0 saturated carbocycles. The monoisotopic (exact) mass is 513 g/mol. The SMILES string of the molecule is COc1ccc(CN=C(N)NCc2ccccc2OCCC(C)C)cc1OC.I. The van der Waals surface area contributed by atoms with Crippen molar-refractivity contribution >= 4 is 29.9 Å². The van der Waals surface area contributed by atoms with E-state index in [1.807, 2.05) is 42.5 Å². The number of hydrogen-bond acceptors (Lipinski definition) is 4. The fourth-order valence-electron chi connectivity index (χ4n) is 2.59. The highest BCUT2D eigenvalue weighted by Crippen LogP contribution is 2.27. The second-order valence-electron chi connectivity index (χ2n) is 6.88. The van der Waals surface area contributed by atoms with Crippen LogP contribution in [0.1, 0.15) is 31.4 Å². The third-order valence-corrected chi connectivity index (χ3v) is 4.27. The van der Waals surface area contributed by atoms with Crippen LogP contribution in [0.15, 0.2) is 47.5 Å². The average molecular weight is 513 g/mol. The zero-order valence-electron chi connectivity index (χ0n) is 17.6. The molecule has 0 saturated heterocycles. The van der Waals surface area contributed by atoms with Gasteiger partial charge in [-0.25, -0.2) is 4.99 Å². The van der Waals surface area contributed by atoms with Gasteiger partial charge >= 0.3 is 0 Å². The van der Waals surface area contributed by atoms with Crippen molar-refractivity contribution in [3.05, 3.63) is 53.6 Å². The highest BCUT2D eigenvalue weighted by molar-refractivity contribution is 14.0. The minimum Gasteiger partial charge on any atom is -0.493 e. The quantitative estimate of drug-likeness (QED) is 0.281. The second-order valence-corrected chi connectivity index (χ2v) is 6.88. The number of nitrogens with one attached hydrogen (secondary N) is 1. The first-order valence-corrected chi connectivity index (χ1v) is 9.49. The van der Waals surface area contributed by atoms with E-state index in [0.29, 0.717) is 43.1 Å². The Morgan fingerprint density at radius 3 is 2.45 bits per heavy atom. The molecule has 0 amide bonds. The molecule has 7 heteroatoms. The van der Waals surface area contributed by atoms with Gasteiger partial charge in [-0.2, -0.15) is 0 Å². The number of nitrogens with zero attached hydrogens (tertiary/aromatic N) is 1. The molecule has 2 rings (SSSR count). The predicted molar refractivity (Wildman–Crippen MR) is 129 cm³/mol. The molecule has 0 bridgehead atoms. The smallest absolute Gasteiger partial charge is 0.189 e. The van der Waals surface area contributed by atoms with Gasteiger partial charge in [0.05, 0.1) is 27.4 Å². The Labute approximate surface area is 190 Å². The van der Waals surface area contributed by atoms with Crippen molar-refractivity contribution in [2.75, 3.05) is 20.8 Å². The minimum absolute atomic E-state index is 0. The van der Waals surface area contributed by atoms with Crippen LogP contribution in [0.5, 0.6) is 17.2 Å². The Morgan fingerprint density at radius 1 is 1.03 bits per heavy atom. The predicted octanol–water partition coefficient (Wildman–Crippen LogP) is 4.35. The molecule has 0 spiro atoms. The first-order valence-electron chi connectivity index (χ1n) is 9.49. The van der Waals surface area contributed by atoms with Crippen LogP contribution in [-0.4, -0.2) is 26.8 Å². The zero-order chi connectivity index (χ0) is 20.4. The highest BCUT2D eigenvalue weighted by Gasteiger charge is 2.06. The molecule has 2 aromatic rings. The number of ether oxygens (including phenoxy) is 3. The first-order chi connectivity index (χ1) is 13.5. The lowest BCUT2D eigenvalue weighted by molar-refractivity contribution is 0.286. The van der Waals surface area contributed by atoms with Crippen LogP contribution in [0.4, 0.5) is 0 Å². The number of hydrogen-bond donors (Lipinski definition) is 2. The van der Waals surface area contributed by atoms with Crippen molar-refractivity contribution in [3.63, 3.8) is 0 Å². The Kier molecular flexibility index (Phi) is 11.3. The molecule has 3 N–H and O–H groups in total. The van der Waals surface area contributed by atoms with E-state index in [2.05, 4.69) is 24.2 Å². The lowest BCUT2D eigenvalue weighted by Gasteiger charge is -2.13. The Balaban J connectivity index is 0.00000420. The van der Waals surface area contributed by atoms with E-state index >= 15 is 0 Å². The Morgan fingerprint density at radius 2 is 1.76 bits per heavy atom. The molecule has 29 heavy (non-hydrogen) atoms. The van der Waals surface area contributed by atoms with Crippen molar-refractivity contribution in [2.24, 2.45) is 16.6 Å². The van der Waals surface area contributed by atoms with E-state index in [4.69, 9.17) is 19.9 Å². The molecular formula is C22H32IN3O3. The molecule has 0 fully saturated rings. The van der Waals surface area contributed by atoms with Crippen LogP contribution < -0.4 is 25.3 Å². The average Bonchev–Trinajstić information content (AvgIpc) is 2.71. The maximum absolute atomic E-state index is 6.03. The number of methoxy groups -OCH3 is 2. The van der Waals surface area contributed by atoms with Gasteiger partial charge in [-0.3, -0.25) is 0 Å². The van der Waals surface area contributed by atoms with Gasteiger partial charge in [0.25, 0.3) is 0 Å². The number of benzene rings is 2. The molecule has 2 aromatic carbocycles. The number of rotatable bonds is 10. The van der Waals surface area contributed by atoms with Gasteiger partial charge in [0, 0.05) is 12.1 Å². The summed E-state index contributed by atoms with van der Waals surface area (Å²) in [6, 6.07) is 13.7. The van der Waals surface area contributed by atoms with Crippen molar-refractivity contribution in [1.82, 2.24) is 5.32 Å². The standard InChI is InChI=1S/C22H31N3O3.HI/c1-16(2)11-12-28-19-8-6-5-7-18(19)15-25-22(23)24-14-17-9-10-20(26-3)21(13-17)27-4;/h5-10,13,16H,11-12,14-15H2,1-4H3,(H3,23,24,25);1H. The van der Waals surface area contributed by atoms with Crippen molar-refractivity contribution in [1.29, 1.82) is 0 Å². The second kappa shape index (κ2) is 13.1. The molecule has 6 nitrogen and oxygen atoms in total. The lowest BCUT2D eigenvalue weighted by Crippen LogP contribution is -2.31. The molecule has 0 aliphatic heterocycles. The van der Waals surface area contributed by atoms with Crippen LogP contribution in [0.3, 0.4) is 0 Å². The molecule has 0 aliphatic carbocycles. The van der Waals surface area contributed by atoms with Crippen LogP contribution in [0.25, 0.3) is 0 Å². The third-order valence-electron chi connectivity index (χ3n) is 4.27. The van der Waals surface area contributed by atoms with Crippen LogP contribution >= 0.6 is 24.0 Å². The van der Waals surface area contributed by atoms with Gasteiger partial charge in [-0.1, -0.05) is 38.1 Å². The number of guanidine groups is 1. The fourth-order valence-corrected chi connectivity index (χ4v) is 2.59. The van der Waals surface area contributed by atoms with Crippen molar-refractivity contribution in [3.8, 4) is 17.2 Å². The first kappa shape index (κ1) is 24.9. The maximum Gasteiger partial charge on any atom is 0.189 e. The summed E-state index contributed by atoms with van der Waals surface area (Å²) in [5.41, 5.74) is 8.07. The topological polar surface area (TPSA) is 78.1 Å². The summed E-state index contributed by atoms with van der Waals surface area (Å²) in [7, 11) is 3.23. The number of halogens is 1. The van der Waals surface area contributed by atoms with Crippen molar-refractivity contribution in [2.45, 2.75) is 33.4 Å². The largest absolute Gasteiger partial charge is 0.493 e. The van der Waals surface area contributed by atoms with Gasteiger partial charge in [0.2, 0.25) is 0 Å². The van der Waals surface area contributed by atoms with Crippen LogP contribution in [0.2, 0.25) is 0 Å². The Bertz CT molecular complexity index is 782. The molecule has 0 unspecified atom stereocenters. The summed E-state index contributed by atoms with van der Waals surface area (Å²) in [5.74, 6) is 3.24. The summed E-state index contributed by atoms with van der Waals surface area (Å²) < 4.78 is 16.5. The van der Waals surface area contributed by atoms with Crippen LogP contribution in [0, 0.1) is 5.92 Å². The van der Waals surface area contributed by atoms with Gasteiger partial charge in [0.15, 0.2) is 17.5 Å². The van der Waals surface area contributed by atoms with E-state index in [1.165, 1.54) is 0 Å². The summed E-state index contributed by atoms with van der Waals surface area (Å²) in [5, 5.41) is 3.15. The molecule has 0 heterocycles. The molecule has 0 atom stereocenters. The summed E-state index contributed by atoms with van der Waals surface area (Å²) >= 11 is 0. The van der Waals surface area contributed by atoms with E-state index in [0.717, 1.165) is 23.3 Å². The number of para-hydroxylation sites is 1. The molecule has 0 aromatic heterocycles. The number of nitrogens with two attached hydrogens (primary N) is 1. The minimum atomic E-state index is 0. The van der Waals surface area contributed by atoms with Gasteiger partial charge < -0.3 is 25.3 Å². The summed E-state index contributed by atoms with van der Waals surface area (Å²) in [4.78, 5) is 4.40. The third kappa shape index (κ3) is 8.39. The zero-order valence-corrected chi connectivity index (χ0v) is 19.9.